The predicted molar refractivity (Wildman–Crippen MR) is 156 cm³/mol. The maximum atomic E-state index is 14.3. The Morgan fingerprint density at radius 1 is 0.932 bits per heavy atom. The molecule has 0 aromatic heterocycles. The van der Waals surface area contributed by atoms with E-state index in [0.29, 0.717) is 16.7 Å². The normalized spacial score (nSPS) is 12.4. The van der Waals surface area contributed by atoms with Crippen molar-refractivity contribution in [2.45, 2.75) is 23.6 Å². The van der Waals surface area contributed by atoms with Gasteiger partial charge in [0.15, 0.2) is 0 Å². The summed E-state index contributed by atoms with van der Waals surface area (Å²) in [7, 11) is -8.92. The van der Waals surface area contributed by atoms with Crippen LogP contribution in [0.5, 0.6) is 5.75 Å². The second kappa shape index (κ2) is 12.7. The number of rotatable bonds is 11. The first-order valence-electron chi connectivity index (χ1n) is 12.5. The number of ether oxygens (including phenoxy) is 1. The highest BCUT2D eigenvalue weighted by Crippen LogP contribution is 2.60. The van der Waals surface area contributed by atoms with Gasteiger partial charge in [0.1, 0.15) is 16.5 Å². The minimum Gasteiger partial charge on any atom is -0.495 e. The molecule has 0 aliphatic heterocycles. The highest BCUT2D eigenvalue weighted by Gasteiger charge is 2.51. The third kappa shape index (κ3) is 6.83. The molecule has 232 valence electrons. The van der Waals surface area contributed by atoms with Crippen molar-refractivity contribution < 1.29 is 50.6 Å². The Bertz CT molecular complexity index is 1870. The molecule has 0 aliphatic carbocycles. The van der Waals surface area contributed by atoms with Crippen LogP contribution in [-0.4, -0.2) is 40.7 Å². The van der Waals surface area contributed by atoms with E-state index < -0.39 is 51.2 Å². The third-order valence-electron chi connectivity index (χ3n) is 6.61. The first-order valence-corrected chi connectivity index (χ1v) is 16.0. The summed E-state index contributed by atoms with van der Waals surface area (Å²) in [4.78, 5) is 29.1. The minimum absolute atomic E-state index is 0.0503. The molecule has 3 N–H and O–H groups in total. The Morgan fingerprint density at radius 2 is 1.52 bits per heavy atom. The lowest BCUT2D eigenvalue weighted by Crippen LogP contribution is -2.30. The molecular weight excluding hydrogens is 646 g/mol. The summed E-state index contributed by atoms with van der Waals surface area (Å²) in [5.41, 5.74) is -4.63. The second-order valence-corrected chi connectivity index (χ2v) is 13.5. The Balaban J connectivity index is 1.70. The number of para-hydroxylation sites is 1. The van der Waals surface area contributed by atoms with E-state index in [0.717, 1.165) is 34.6 Å². The Hall–Kier alpha value is -3.71. The summed E-state index contributed by atoms with van der Waals surface area (Å²) in [5.74, 6) is -2.28. The van der Waals surface area contributed by atoms with Crippen LogP contribution in [0.25, 0.3) is 11.1 Å². The zero-order valence-electron chi connectivity index (χ0n) is 22.7. The van der Waals surface area contributed by atoms with E-state index in [1.165, 1.54) is 31.4 Å². The summed E-state index contributed by atoms with van der Waals surface area (Å²) in [6, 6.07) is 18.7. The van der Waals surface area contributed by atoms with Gasteiger partial charge in [0, 0.05) is 13.1 Å². The molecule has 15 heteroatoms. The van der Waals surface area contributed by atoms with Crippen LogP contribution in [-0.2, 0) is 33.3 Å². The molecule has 0 aliphatic rings. The molecule has 0 unspecified atom stereocenters. The van der Waals surface area contributed by atoms with E-state index in [1.807, 2.05) is 0 Å². The molecule has 0 spiro atoms. The second-order valence-electron chi connectivity index (χ2n) is 9.52. The van der Waals surface area contributed by atoms with Gasteiger partial charge >= 0.3 is 19.2 Å². The largest absolute Gasteiger partial charge is 0.495 e. The lowest BCUT2D eigenvalue weighted by Gasteiger charge is -2.24. The van der Waals surface area contributed by atoms with Crippen molar-refractivity contribution in [1.82, 2.24) is 4.31 Å². The van der Waals surface area contributed by atoms with Crippen molar-refractivity contribution in [2.24, 2.45) is 0 Å². The molecular formula is C29H24ClF3NO8PS. The van der Waals surface area contributed by atoms with Crippen molar-refractivity contribution in [3.05, 3.63) is 118 Å². The van der Waals surface area contributed by atoms with Crippen molar-refractivity contribution in [2.75, 3.05) is 7.11 Å². The minimum atomic E-state index is -5.90. The van der Waals surface area contributed by atoms with Crippen LogP contribution in [0, 0.1) is 5.82 Å². The van der Waals surface area contributed by atoms with Crippen LogP contribution < -0.4 is 4.74 Å². The van der Waals surface area contributed by atoms with E-state index in [2.05, 4.69) is 0 Å². The number of hydrogen-bond donors (Lipinski definition) is 3. The average molecular weight is 670 g/mol. The first kappa shape index (κ1) is 33.2. The van der Waals surface area contributed by atoms with Gasteiger partial charge in [0.05, 0.1) is 23.3 Å². The smallest absolute Gasteiger partial charge is 0.399 e. The van der Waals surface area contributed by atoms with Gasteiger partial charge in [-0.2, -0.15) is 13.1 Å². The van der Waals surface area contributed by atoms with Gasteiger partial charge in [0.25, 0.3) is 0 Å². The number of carbonyl (C=O) groups is 1. The number of aromatic carboxylic acids is 1. The van der Waals surface area contributed by atoms with Crippen LogP contribution in [0.3, 0.4) is 0 Å². The maximum Gasteiger partial charge on any atom is 0.399 e. The Labute approximate surface area is 255 Å². The van der Waals surface area contributed by atoms with Gasteiger partial charge < -0.3 is 19.6 Å². The first-order chi connectivity index (χ1) is 20.6. The van der Waals surface area contributed by atoms with E-state index in [9.17, 15) is 30.9 Å². The monoisotopic (exact) mass is 669 g/mol. The fourth-order valence-corrected chi connectivity index (χ4v) is 6.80. The fraction of sp³-hybridized carbons (Fsp3) is 0.138. The van der Waals surface area contributed by atoms with Gasteiger partial charge in [-0.3, -0.25) is 4.57 Å². The summed E-state index contributed by atoms with van der Waals surface area (Å²) in [6.45, 7) is -0.615. The number of benzene rings is 4. The maximum absolute atomic E-state index is 14.3. The fourth-order valence-electron chi connectivity index (χ4n) is 4.33. The quantitative estimate of drug-likeness (QED) is 0.154. The van der Waals surface area contributed by atoms with Gasteiger partial charge in [-0.25, -0.2) is 17.6 Å². The van der Waals surface area contributed by atoms with Crippen molar-refractivity contribution in [3.63, 3.8) is 0 Å². The van der Waals surface area contributed by atoms with Gasteiger partial charge in [-0.1, -0.05) is 66.2 Å². The van der Waals surface area contributed by atoms with E-state index >= 15 is 0 Å². The number of nitrogens with zero attached hydrogens (tertiary/aromatic N) is 1. The standard InChI is InChI=1S/C29H24ClF3NO8PS/c1-42-26-4-2-3-5-27(26)44(40,41)34(17-19-8-13-23(24(30)14-19)29(32,33)43(37,38)39)16-18-6-9-20(10-7-18)21-11-12-22(28(35)36)25(31)15-21/h2-15H,16-17H2,1H3,(H,35,36)(H2,37,38,39). The highest BCUT2D eigenvalue weighted by molar-refractivity contribution is 7.89. The van der Waals surface area contributed by atoms with E-state index in [-0.39, 0.29) is 29.3 Å². The van der Waals surface area contributed by atoms with Crippen LogP contribution in [0.2, 0.25) is 5.02 Å². The van der Waals surface area contributed by atoms with E-state index in [1.54, 1.807) is 30.3 Å². The molecule has 0 saturated heterocycles. The lowest BCUT2D eigenvalue weighted by atomic mass is 10.0. The SMILES string of the molecule is COc1ccccc1S(=O)(=O)N(Cc1ccc(-c2ccc(C(=O)O)c(F)c2)cc1)Cc1ccc(C(F)(F)P(=O)(O)O)c(Cl)c1. The third-order valence-corrected chi connectivity index (χ3v) is 9.73. The number of carboxylic acids is 1. The summed E-state index contributed by atoms with van der Waals surface area (Å²) in [5, 5.41) is 8.39. The zero-order chi connectivity index (χ0) is 32.4. The van der Waals surface area contributed by atoms with Crippen molar-refractivity contribution in [3.8, 4) is 16.9 Å². The number of hydrogen-bond acceptors (Lipinski definition) is 5. The van der Waals surface area contributed by atoms with Crippen LogP contribution in [0.15, 0.2) is 89.8 Å². The Kier molecular flexibility index (Phi) is 9.60. The molecule has 0 radical (unpaired) electrons. The molecule has 0 fully saturated rings. The van der Waals surface area contributed by atoms with Gasteiger partial charge in [-0.05, 0) is 52.6 Å². The Morgan fingerprint density at radius 3 is 2.09 bits per heavy atom. The molecule has 4 rings (SSSR count). The van der Waals surface area contributed by atoms with Gasteiger partial charge in [-0.15, -0.1) is 0 Å². The number of methoxy groups -OCH3 is 1. The zero-order valence-corrected chi connectivity index (χ0v) is 25.2. The topological polar surface area (TPSA) is 141 Å². The molecule has 0 bridgehead atoms. The van der Waals surface area contributed by atoms with Crippen molar-refractivity contribution >= 4 is 35.2 Å². The average Bonchev–Trinajstić information content (AvgIpc) is 2.96. The highest BCUT2D eigenvalue weighted by atomic mass is 35.5. The lowest BCUT2D eigenvalue weighted by molar-refractivity contribution is 0.0565. The summed E-state index contributed by atoms with van der Waals surface area (Å²) in [6.07, 6.45) is 0. The van der Waals surface area contributed by atoms with Crippen LogP contribution in [0.1, 0.15) is 27.0 Å². The molecule has 4 aromatic carbocycles. The molecule has 44 heavy (non-hydrogen) atoms. The molecule has 9 nitrogen and oxygen atoms in total. The number of sulfonamides is 1. The predicted octanol–water partition coefficient (Wildman–Crippen LogP) is 6.47. The molecule has 0 saturated carbocycles. The summed E-state index contributed by atoms with van der Waals surface area (Å²) >= 11 is 5.99. The molecule has 0 atom stereocenters. The summed E-state index contributed by atoms with van der Waals surface area (Å²) < 4.78 is 88.2. The number of carboxylic acid groups (broad SMARTS) is 1. The van der Waals surface area contributed by atoms with Crippen LogP contribution >= 0.6 is 19.2 Å². The van der Waals surface area contributed by atoms with Crippen molar-refractivity contribution in [1.29, 1.82) is 0 Å². The molecule has 0 amide bonds. The van der Waals surface area contributed by atoms with E-state index in [4.69, 9.17) is 31.2 Å². The molecule has 4 aromatic rings. The molecule has 0 heterocycles. The number of halogens is 4. The van der Waals surface area contributed by atoms with Crippen LogP contribution in [0.4, 0.5) is 13.2 Å². The van der Waals surface area contributed by atoms with Gasteiger partial charge in [0.2, 0.25) is 10.0 Å². The number of alkyl halides is 2.